The molecule has 142 valence electrons. The number of pyridine rings is 1. The molecule has 0 unspecified atom stereocenters. The zero-order chi connectivity index (χ0) is 19.5. The highest BCUT2D eigenvalue weighted by atomic mass is 16.5. The monoisotopic (exact) mass is 374 g/mol. The maximum absolute atomic E-state index is 12.0. The Kier molecular flexibility index (Phi) is 5.02. The molecule has 0 amide bonds. The number of aromatic nitrogens is 3. The lowest BCUT2D eigenvalue weighted by Gasteiger charge is -2.17. The van der Waals surface area contributed by atoms with Gasteiger partial charge in [0.25, 0.3) is 0 Å². The molecule has 3 aromatic rings. The molecule has 28 heavy (non-hydrogen) atoms. The Morgan fingerprint density at radius 2 is 1.86 bits per heavy atom. The predicted octanol–water partition coefficient (Wildman–Crippen LogP) is 3.89. The van der Waals surface area contributed by atoms with Crippen molar-refractivity contribution in [3.63, 3.8) is 0 Å². The molecule has 1 fully saturated rings. The maximum atomic E-state index is 12.0. The van der Waals surface area contributed by atoms with Gasteiger partial charge in [0.15, 0.2) is 11.5 Å². The number of carbonyl (C=O) groups is 1. The first-order valence-corrected chi connectivity index (χ1v) is 9.41. The van der Waals surface area contributed by atoms with Crippen LogP contribution in [0.1, 0.15) is 40.4 Å². The van der Waals surface area contributed by atoms with Crippen LogP contribution >= 0.6 is 0 Å². The van der Waals surface area contributed by atoms with Crippen LogP contribution in [0.3, 0.4) is 0 Å². The molecular weight excluding hydrogens is 352 g/mol. The van der Waals surface area contributed by atoms with Gasteiger partial charge in [0, 0.05) is 24.5 Å². The number of nitrogens with zero attached hydrogens (tertiary/aromatic N) is 4. The van der Waals surface area contributed by atoms with Crippen molar-refractivity contribution < 1.29 is 9.53 Å². The summed E-state index contributed by atoms with van der Waals surface area (Å²) in [6.07, 6.45) is 5.93. The molecule has 0 spiro atoms. The van der Waals surface area contributed by atoms with E-state index in [1.54, 1.807) is 12.1 Å². The van der Waals surface area contributed by atoms with Crippen LogP contribution in [0.25, 0.3) is 23.1 Å². The zero-order valence-corrected chi connectivity index (χ0v) is 16.1. The van der Waals surface area contributed by atoms with E-state index >= 15 is 0 Å². The maximum Gasteiger partial charge on any atom is 0.356 e. The molecule has 2 aromatic heterocycles. The van der Waals surface area contributed by atoms with Crippen molar-refractivity contribution >= 4 is 34.8 Å². The van der Waals surface area contributed by atoms with E-state index in [9.17, 15) is 4.79 Å². The summed E-state index contributed by atoms with van der Waals surface area (Å²) in [5.41, 5.74) is 3.20. The number of para-hydroxylation sites is 1. The number of methoxy groups -OCH3 is 1. The molecule has 0 N–H and O–H groups in total. The fourth-order valence-electron chi connectivity index (χ4n) is 3.47. The van der Waals surface area contributed by atoms with Gasteiger partial charge >= 0.3 is 5.97 Å². The Bertz CT molecular complexity index is 1060. The van der Waals surface area contributed by atoms with Gasteiger partial charge in [0.05, 0.1) is 18.3 Å². The van der Waals surface area contributed by atoms with Gasteiger partial charge in [-0.1, -0.05) is 18.2 Å². The van der Waals surface area contributed by atoms with Gasteiger partial charge in [0.2, 0.25) is 0 Å². The van der Waals surface area contributed by atoms with E-state index in [4.69, 9.17) is 4.74 Å². The second-order valence-corrected chi connectivity index (χ2v) is 6.87. The third kappa shape index (κ3) is 3.71. The molecule has 1 aromatic carbocycles. The summed E-state index contributed by atoms with van der Waals surface area (Å²) in [6, 6.07) is 11.8. The van der Waals surface area contributed by atoms with Crippen LogP contribution in [-0.4, -0.2) is 41.1 Å². The van der Waals surface area contributed by atoms with Crippen LogP contribution in [0.4, 0.5) is 5.82 Å². The van der Waals surface area contributed by atoms with Crippen molar-refractivity contribution in [2.45, 2.75) is 19.8 Å². The van der Waals surface area contributed by atoms with Gasteiger partial charge in [-0.2, -0.15) is 0 Å². The van der Waals surface area contributed by atoms with E-state index in [2.05, 4.69) is 32.8 Å². The predicted molar refractivity (Wildman–Crippen MR) is 110 cm³/mol. The van der Waals surface area contributed by atoms with Crippen molar-refractivity contribution in [3.8, 4) is 0 Å². The summed E-state index contributed by atoms with van der Waals surface area (Å²) in [7, 11) is 1.36. The molecule has 1 aliphatic rings. The van der Waals surface area contributed by atoms with Crippen molar-refractivity contribution in [1.82, 2.24) is 15.0 Å². The topological polar surface area (TPSA) is 68.2 Å². The third-order valence-corrected chi connectivity index (χ3v) is 4.90. The number of hydrogen-bond acceptors (Lipinski definition) is 6. The van der Waals surface area contributed by atoms with Gasteiger partial charge in [0.1, 0.15) is 5.82 Å². The van der Waals surface area contributed by atoms with Crippen molar-refractivity contribution in [2.24, 2.45) is 0 Å². The van der Waals surface area contributed by atoms with Crippen molar-refractivity contribution in [3.05, 3.63) is 59.2 Å². The largest absolute Gasteiger partial charge is 0.464 e. The van der Waals surface area contributed by atoms with Crippen LogP contribution < -0.4 is 4.90 Å². The zero-order valence-electron chi connectivity index (χ0n) is 16.1. The van der Waals surface area contributed by atoms with Gasteiger partial charge in [-0.3, -0.25) is 0 Å². The first-order chi connectivity index (χ1) is 13.6. The SMILES string of the molecule is COC(=O)c1cc(N2CCCC2)nc(C=Cc2cc(C)c3ccccc3n2)n1. The molecule has 3 heterocycles. The molecule has 0 atom stereocenters. The van der Waals surface area contributed by atoms with Crippen LogP contribution in [0, 0.1) is 6.92 Å². The highest BCUT2D eigenvalue weighted by Gasteiger charge is 2.18. The number of carbonyl (C=O) groups excluding carboxylic acids is 1. The van der Waals surface area contributed by atoms with Crippen LogP contribution in [0.2, 0.25) is 0 Å². The van der Waals surface area contributed by atoms with Crippen molar-refractivity contribution in [2.75, 3.05) is 25.1 Å². The van der Waals surface area contributed by atoms with Gasteiger partial charge in [-0.05, 0) is 49.6 Å². The quantitative estimate of drug-likeness (QED) is 0.646. The number of ether oxygens (including phenoxy) is 1. The molecule has 0 bridgehead atoms. The van der Waals surface area contributed by atoms with Crippen molar-refractivity contribution in [1.29, 1.82) is 0 Å². The highest BCUT2D eigenvalue weighted by Crippen LogP contribution is 2.21. The number of esters is 1. The van der Waals surface area contributed by atoms with Gasteiger partial charge < -0.3 is 9.64 Å². The normalized spacial score (nSPS) is 14.1. The number of rotatable bonds is 4. The van der Waals surface area contributed by atoms with E-state index in [1.807, 2.05) is 30.3 Å². The molecule has 0 aliphatic carbocycles. The molecule has 6 nitrogen and oxygen atoms in total. The van der Waals surface area contributed by atoms with Crippen LogP contribution in [-0.2, 0) is 4.74 Å². The van der Waals surface area contributed by atoms with E-state index < -0.39 is 5.97 Å². The standard InChI is InChI=1S/C22H22N4O2/c1-15-13-16(23-18-8-4-3-7-17(15)18)9-10-20-24-19(22(27)28-2)14-21(25-20)26-11-5-6-12-26/h3-4,7-10,13-14H,5-6,11-12H2,1-2H3. The average Bonchev–Trinajstić information content (AvgIpc) is 3.26. The molecule has 0 radical (unpaired) electrons. The fraction of sp³-hybridized carbons (Fsp3) is 0.273. The van der Waals surface area contributed by atoms with E-state index in [-0.39, 0.29) is 5.69 Å². The summed E-state index contributed by atoms with van der Waals surface area (Å²) in [4.78, 5) is 27.9. The minimum atomic E-state index is -0.461. The Hall–Kier alpha value is -3.28. The highest BCUT2D eigenvalue weighted by molar-refractivity contribution is 5.88. The molecule has 1 saturated heterocycles. The number of benzene rings is 1. The van der Waals surface area contributed by atoms with Crippen LogP contribution in [0.5, 0.6) is 0 Å². The molecule has 6 heteroatoms. The van der Waals surface area contributed by atoms with Gasteiger partial charge in [-0.15, -0.1) is 0 Å². The number of anilines is 1. The first kappa shape index (κ1) is 18.1. The first-order valence-electron chi connectivity index (χ1n) is 9.41. The molecule has 4 rings (SSSR count). The Labute approximate surface area is 163 Å². The Morgan fingerprint density at radius 3 is 2.64 bits per heavy atom. The lowest BCUT2D eigenvalue weighted by atomic mass is 10.1. The summed E-state index contributed by atoms with van der Waals surface area (Å²) < 4.78 is 4.85. The summed E-state index contributed by atoms with van der Waals surface area (Å²) in [6.45, 7) is 3.94. The molecule has 0 saturated carbocycles. The number of fused-ring (bicyclic) bond motifs is 1. The minimum absolute atomic E-state index is 0.265. The van der Waals surface area contributed by atoms with E-state index in [1.165, 1.54) is 7.11 Å². The summed E-state index contributed by atoms with van der Waals surface area (Å²) in [5, 5.41) is 1.14. The third-order valence-electron chi connectivity index (χ3n) is 4.90. The summed E-state index contributed by atoms with van der Waals surface area (Å²) >= 11 is 0. The van der Waals surface area contributed by atoms with Gasteiger partial charge in [-0.25, -0.2) is 19.7 Å². The lowest BCUT2D eigenvalue weighted by molar-refractivity contribution is 0.0593. The second-order valence-electron chi connectivity index (χ2n) is 6.87. The average molecular weight is 374 g/mol. The summed E-state index contributed by atoms with van der Waals surface area (Å²) in [5.74, 6) is 0.768. The molecule has 1 aliphatic heterocycles. The molecular formula is C22H22N4O2. The smallest absolute Gasteiger partial charge is 0.356 e. The fourth-order valence-corrected chi connectivity index (χ4v) is 3.47. The second kappa shape index (κ2) is 7.76. The van der Waals surface area contributed by atoms with E-state index in [0.29, 0.717) is 5.82 Å². The Morgan fingerprint density at radius 1 is 1.07 bits per heavy atom. The minimum Gasteiger partial charge on any atom is -0.464 e. The lowest BCUT2D eigenvalue weighted by Crippen LogP contribution is -2.20. The number of hydrogen-bond donors (Lipinski definition) is 0. The Balaban J connectivity index is 1.70. The van der Waals surface area contributed by atoms with Crippen LogP contribution in [0.15, 0.2) is 36.4 Å². The van der Waals surface area contributed by atoms with E-state index in [0.717, 1.165) is 53.9 Å². The number of aryl methyl sites for hydroxylation is 1.